The SMILES string of the molecule is C=CC/C=C\C=C(/C)Oc1ccccc1.CC. The molecular formula is C16H22O. The van der Waals surface area contributed by atoms with Crippen molar-refractivity contribution < 1.29 is 4.74 Å². The van der Waals surface area contributed by atoms with E-state index in [0.717, 1.165) is 17.9 Å². The summed E-state index contributed by atoms with van der Waals surface area (Å²) in [4.78, 5) is 0. The molecule has 0 aromatic heterocycles. The monoisotopic (exact) mass is 230 g/mol. The van der Waals surface area contributed by atoms with Crippen LogP contribution in [0.25, 0.3) is 0 Å². The van der Waals surface area contributed by atoms with Crippen molar-refractivity contribution in [2.75, 3.05) is 0 Å². The van der Waals surface area contributed by atoms with Gasteiger partial charge in [0.2, 0.25) is 0 Å². The quantitative estimate of drug-likeness (QED) is 0.387. The second-order valence-corrected chi connectivity index (χ2v) is 3.14. The van der Waals surface area contributed by atoms with Gasteiger partial charge in [-0.1, -0.05) is 50.3 Å². The number of allylic oxidation sites excluding steroid dienone is 5. The van der Waals surface area contributed by atoms with E-state index < -0.39 is 0 Å². The van der Waals surface area contributed by atoms with Gasteiger partial charge in [-0.05, 0) is 31.6 Å². The summed E-state index contributed by atoms with van der Waals surface area (Å²) in [6, 6.07) is 9.75. The van der Waals surface area contributed by atoms with E-state index in [1.165, 1.54) is 0 Å². The van der Waals surface area contributed by atoms with Gasteiger partial charge in [0.15, 0.2) is 0 Å². The summed E-state index contributed by atoms with van der Waals surface area (Å²) in [5.74, 6) is 1.74. The van der Waals surface area contributed by atoms with Crippen LogP contribution in [0.1, 0.15) is 27.2 Å². The number of rotatable bonds is 5. The average Bonchev–Trinajstić information content (AvgIpc) is 2.38. The molecule has 0 saturated heterocycles. The van der Waals surface area contributed by atoms with Crippen LogP contribution in [0.5, 0.6) is 5.75 Å². The minimum Gasteiger partial charge on any atom is -0.462 e. The molecule has 0 saturated carbocycles. The molecule has 0 aliphatic carbocycles. The van der Waals surface area contributed by atoms with E-state index in [1.807, 2.05) is 75.4 Å². The maximum absolute atomic E-state index is 5.58. The summed E-state index contributed by atoms with van der Waals surface area (Å²) in [6.07, 6.45) is 8.69. The van der Waals surface area contributed by atoms with Crippen LogP contribution < -0.4 is 4.74 Å². The molecule has 1 heteroatoms. The van der Waals surface area contributed by atoms with Crippen molar-refractivity contribution in [2.45, 2.75) is 27.2 Å². The van der Waals surface area contributed by atoms with Gasteiger partial charge in [-0.15, -0.1) is 6.58 Å². The fourth-order valence-corrected chi connectivity index (χ4v) is 1.09. The van der Waals surface area contributed by atoms with Crippen molar-refractivity contribution >= 4 is 0 Å². The summed E-state index contributed by atoms with van der Waals surface area (Å²) in [5, 5.41) is 0. The summed E-state index contributed by atoms with van der Waals surface area (Å²) in [5.41, 5.74) is 0. The van der Waals surface area contributed by atoms with Crippen molar-refractivity contribution in [1.29, 1.82) is 0 Å². The lowest BCUT2D eigenvalue weighted by molar-refractivity contribution is 0.428. The van der Waals surface area contributed by atoms with Gasteiger partial charge in [0.25, 0.3) is 0 Å². The van der Waals surface area contributed by atoms with Crippen molar-refractivity contribution in [2.24, 2.45) is 0 Å². The normalized spacial score (nSPS) is 10.6. The zero-order valence-corrected chi connectivity index (χ0v) is 11.0. The molecule has 0 spiro atoms. The maximum Gasteiger partial charge on any atom is 0.126 e. The van der Waals surface area contributed by atoms with Gasteiger partial charge >= 0.3 is 0 Å². The molecule has 0 unspecified atom stereocenters. The summed E-state index contributed by atoms with van der Waals surface area (Å²) >= 11 is 0. The lowest BCUT2D eigenvalue weighted by atomic mass is 10.3. The maximum atomic E-state index is 5.58. The Bertz CT molecular complexity index is 347. The third-order valence-corrected chi connectivity index (χ3v) is 1.79. The van der Waals surface area contributed by atoms with E-state index in [2.05, 4.69) is 6.58 Å². The van der Waals surface area contributed by atoms with Crippen LogP contribution >= 0.6 is 0 Å². The second-order valence-electron chi connectivity index (χ2n) is 3.14. The molecule has 0 amide bonds. The van der Waals surface area contributed by atoms with E-state index >= 15 is 0 Å². The molecule has 1 aromatic rings. The topological polar surface area (TPSA) is 9.23 Å². The summed E-state index contributed by atoms with van der Waals surface area (Å²) < 4.78 is 5.58. The third-order valence-electron chi connectivity index (χ3n) is 1.79. The highest BCUT2D eigenvalue weighted by Gasteiger charge is 1.91. The Morgan fingerprint density at radius 1 is 1.24 bits per heavy atom. The van der Waals surface area contributed by atoms with Crippen LogP contribution in [-0.4, -0.2) is 0 Å². The standard InChI is InChI=1S/C14H16O.C2H6/c1-3-4-5-7-10-13(2)15-14-11-8-6-9-12-14;1-2/h3,5-12H,1,4H2,2H3;1-2H3/b7-5-,13-10+;. The molecule has 1 nitrogen and oxygen atoms in total. The molecule has 0 atom stereocenters. The highest BCUT2D eigenvalue weighted by molar-refractivity contribution is 5.23. The number of para-hydroxylation sites is 1. The predicted octanol–water partition coefficient (Wildman–Crippen LogP) is 5.13. The van der Waals surface area contributed by atoms with Crippen molar-refractivity contribution in [1.82, 2.24) is 0 Å². The van der Waals surface area contributed by atoms with Gasteiger partial charge in [-0.3, -0.25) is 0 Å². The molecule has 92 valence electrons. The first-order valence-corrected chi connectivity index (χ1v) is 6.00. The van der Waals surface area contributed by atoms with E-state index in [9.17, 15) is 0 Å². The molecule has 0 aliphatic heterocycles. The number of ether oxygens (including phenoxy) is 1. The lowest BCUT2D eigenvalue weighted by Crippen LogP contribution is -1.88. The summed E-state index contributed by atoms with van der Waals surface area (Å²) in [7, 11) is 0. The highest BCUT2D eigenvalue weighted by atomic mass is 16.5. The zero-order valence-electron chi connectivity index (χ0n) is 11.0. The van der Waals surface area contributed by atoms with E-state index in [0.29, 0.717) is 0 Å². The van der Waals surface area contributed by atoms with E-state index in [-0.39, 0.29) is 0 Å². The third kappa shape index (κ3) is 8.09. The molecule has 1 aromatic carbocycles. The minimum absolute atomic E-state index is 0.864. The second kappa shape index (κ2) is 10.7. The van der Waals surface area contributed by atoms with Gasteiger partial charge in [-0.2, -0.15) is 0 Å². The Hall–Kier alpha value is -1.76. The molecule has 17 heavy (non-hydrogen) atoms. The van der Waals surface area contributed by atoms with Crippen molar-refractivity contribution in [3.8, 4) is 5.75 Å². The smallest absolute Gasteiger partial charge is 0.126 e. The molecule has 0 heterocycles. The molecule has 0 aliphatic rings. The molecule has 1 rings (SSSR count). The molecule has 0 bridgehead atoms. The van der Waals surface area contributed by atoms with Gasteiger partial charge in [0.1, 0.15) is 11.5 Å². The average molecular weight is 230 g/mol. The van der Waals surface area contributed by atoms with Crippen LogP contribution in [0.4, 0.5) is 0 Å². The first kappa shape index (κ1) is 15.2. The fraction of sp³-hybridized carbons (Fsp3) is 0.250. The Morgan fingerprint density at radius 3 is 2.47 bits per heavy atom. The molecule has 0 radical (unpaired) electrons. The van der Waals surface area contributed by atoms with Crippen LogP contribution in [0.2, 0.25) is 0 Å². The van der Waals surface area contributed by atoms with Gasteiger partial charge in [-0.25, -0.2) is 0 Å². The molecular weight excluding hydrogens is 208 g/mol. The van der Waals surface area contributed by atoms with Crippen molar-refractivity contribution in [3.63, 3.8) is 0 Å². The Labute approximate surface area is 105 Å². The van der Waals surface area contributed by atoms with Crippen molar-refractivity contribution in [3.05, 3.63) is 67.0 Å². The molecule has 0 N–H and O–H groups in total. The van der Waals surface area contributed by atoms with Gasteiger partial charge in [0, 0.05) is 0 Å². The highest BCUT2D eigenvalue weighted by Crippen LogP contribution is 2.12. The zero-order chi connectivity index (χ0) is 12.9. The number of hydrogen-bond acceptors (Lipinski definition) is 1. The largest absolute Gasteiger partial charge is 0.462 e. The fourth-order valence-electron chi connectivity index (χ4n) is 1.09. The van der Waals surface area contributed by atoms with Crippen LogP contribution in [0.15, 0.2) is 67.0 Å². The predicted molar refractivity (Wildman–Crippen MR) is 76.1 cm³/mol. The van der Waals surface area contributed by atoms with Gasteiger partial charge < -0.3 is 4.74 Å². The number of benzene rings is 1. The Balaban J connectivity index is 0.00000121. The lowest BCUT2D eigenvalue weighted by Gasteiger charge is -2.03. The summed E-state index contributed by atoms with van der Waals surface area (Å²) in [6.45, 7) is 9.58. The minimum atomic E-state index is 0.864. The first-order valence-electron chi connectivity index (χ1n) is 6.00. The van der Waals surface area contributed by atoms with Gasteiger partial charge in [0.05, 0.1) is 0 Å². The number of hydrogen-bond donors (Lipinski definition) is 0. The van der Waals surface area contributed by atoms with Crippen LogP contribution in [0.3, 0.4) is 0 Å². The first-order chi connectivity index (χ1) is 8.33. The molecule has 0 fully saturated rings. The van der Waals surface area contributed by atoms with Crippen LogP contribution in [0, 0.1) is 0 Å². The van der Waals surface area contributed by atoms with E-state index in [1.54, 1.807) is 0 Å². The van der Waals surface area contributed by atoms with E-state index in [4.69, 9.17) is 4.74 Å². The Kier molecular flexibility index (Phi) is 9.64. The van der Waals surface area contributed by atoms with Crippen LogP contribution in [-0.2, 0) is 0 Å². The Morgan fingerprint density at radius 2 is 1.88 bits per heavy atom.